The molecule has 0 amide bonds. The molecule has 3 heteroatoms. The van der Waals surface area contributed by atoms with E-state index in [1.54, 1.807) is 0 Å². The van der Waals surface area contributed by atoms with Gasteiger partial charge in [0.2, 0.25) is 0 Å². The van der Waals surface area contributed by atoms with Crippen LogP contribution < -0.4 is 0 Å². The maximum atomic E-state index is 10.8. The number of nitrogens with zero attached hydrogens (tertiary/aromatic N) is 1. The summed E-state index contributed by atoms with van der Waals surface area (Å²) in [5, 5.41) is 8.90. The molecule has 74 valence electrons. The number of hydrogen-bond acceptors (Lipinski definition) is 2. The van der Waals surface area contributed by atoms with E-state index in [0.717, 1.165) is 31.8 Å². The van der Waals surface area contributed by atoms with Crippen LogP contribution in [0.3, 0.4) is 0 Å². The van der Waals surface area contributed by atoms with E-state index in [2.05, 4.69) is 11.8 Å². The molecule has 1 saturated heterocycles. The van der Waals surface area contributed by atoms with E-state index in [1.165, 1.54) is 6.42 Å². The molecular weight excluding hydrogens is 166 g/mol. The highest BCUT2D eigenvalue weighted by molar-refractivity contribution is 5.72. The van der Waals surface area contributed by atoms with E-state index in [4.69, 9.17) is 5.11 Å². The molecule has 1 aliphatic carbocycles. The summed E-state index contributed by atoms with van der Waals surface area (Å²) < 4.78 is 0. The first-order valence-electron chi connectivity index (χ1n) is 5.15. The third-order valence-corrected chi connectivity index (χ3v) is 3.48. The zero-order chi connectivity index (χ0) is 9.42. The Hall–Kier alpha value is -0.570. The molecule has 0 bridgehead atoms. The fourth-order valence-corrected chi connectivity index (χ4v) is 2.48. The third-order valence-electron chi connectivity index (χ3n) is 3.48. The monoisotopic (exact) mass is 183 g/mol. The summed E-state index contributed by atoms with van der Waals surface area (Å²) in [5.41, 5.74) is 0. The molecule has 3 atom stereocenters. The molecule has 1 N–H and O–H groups in total. The third kappa shape index (κ3) is 1.57. The van der Waals surface area contributed by atoms with Crippen LogP contribution in [0.1, 0.15) is 26.2 Å². The van der Waals surface area contributed by atoms with Crippen LogP contribution in [0.5, 0.6) is 0 Å². The molecule has 0 aromatic carbocycles. The van der Waals surface area contributed by atoms with E-state index in [-0.39, 0.29) is 5.92 Å². The highest BCUT2D eigenvalue weighted by Gasteiger charge is 2.41. The summed E-state index contributed by atoms with van der Waals surface area (Å²) in [6, 6.07) is 0.349. The maximum absolute atomic E-state index is 10.8. The highest BCUT2D eigenvalue weighted by Crippen LogP contribution is 2.35. The van der Waals surface area contributed by atoms with Crippen LogP contribution in [-0.2, 0) is 4.79 Å². The van der Waals surface area contributed by atoms with Gasteiger partial charge in [0.1, 0.15) is 0 Å². The standard InChI is InChI=1S/C10H17NO2/c1-7-4-5-11(6-7)9-3-2-8(9)10(12)13/h7-9H,2-6H2,1H3,(H,12,13). The number of likely N-dealkylation sites (tertiary alicyclic amines) is 1. The van der Waals surface area contributed by atoms with Crippen molar-refractivity contribution in [3.05, 3.63) is 0 Å². The molecule has 1 heterocycles. The first-order chi connectivity index (χ1) is 6.18. The highest BCUT2D eigenvalue weighted by atomic mass is 16.4. The quantitative estimate of drug-likeness (QED) is 0.699. The van der Waals surface area contributed by atoms with Gasteiger partial charge in [-0.05, 0) is 31.7 Å². The Morgan fingerprint density at radius 3 is 2.54 bits per heavy atom. The van der Waals surface area contributed by atoms with Crippen molar-refractivity contribution in [2.45, 2.75) is 32.2 Å². The predicted octanol–water partition coefficient (Wildman–Crippen LogP) is 1.19. The molecule has 1 aliphatic heterocycles. The Morgan fingerprint density at radius 1 is 1.38 bits per heavy atom. The number of rotatable bonds is 2. The molecule has 3 unspecified atom stereocenters. The topological polar surface area (TPSA) is 40.5 Å². The average Bonchev–Trinajstić information content (AvgIpc) is 2.32. The minimum Gasteiger partial charge on any atom is -0.481 e. The number of carboxylic acid groups (broad SMARTS) is 1. The second-order valence-electron chi connectivity index (χ2n) is 4.48. The fraction of sp³-hybridized carbons (Fsp3) is 0.900. The molecule has 2 rings (SSSR count). The Labute approximate surface area is 78.7 Å². The van der Waals surface area contributed by atoms with E-state index >= 15 is 0 Å². The first kappa shape index (κ1) is 9.00. The number of hydrogen-bond donors (Lipinski definition) is 1. The molecule has 13 heavy (non-hydrogen) atoms. The van der Waals surface area contributed by atoms with Crippen molar-refractivity contribution in [3.63, 3.8) is 0 Å². The molecule has 2 aliphatic rings. The van der Waals surface area contributed by atoms with Gasteiger partial charge in [0, 0.05) is 12.6 Å². The number of aliphatic carboxylic acids is 1. The molecule has 2 fully saturated rings. The largest absolute Gasteiger partial charge is 0.481 e. The average molecular weight is 183 g/mol. The summed E-state index contributed by atoms with van der Waals surface area (Å²) in [6.07, 6.45) is 3.21. The van der Waals surface area contributed by atoms with Crippen molar-refractivity contribution < 1.29 is 9.90 Å². The lowest BCUT2D eigenvalue weighted by molar-refractivity contribution is -0.148. The van der Waals surface area contributed by atoms with Crippen LogP contribution in [0.2, 0.25) is 0 Å². The maximum Gasteiger partial charge on any atom is 0.308 e. The van der Waals surface area contributed by atoms with Gasteiger partial charge in [0.15, 0.2) is 0 Å². The summed E-state index contributed by atoms with van der Waals surface area (Å²) in [7, 11) is 0. The van der Waals surface area contributed by atoms with Crippen LogP contribution in [0, 0.1) is 11.8 Å². The normalized spacial score (nSPS) is 40.2. The van der Waals surface area contributed by atoms with Crippen LogP contribution in [0.15, 0.2) is 0 Å². The van der Waals surface area contributed by atoms with Crippen LogP contribution in [0.25, 0.3) is 0 Å². The molecule has 0 radical (unpaired) electrons. The second-order valence-corrected chi connectivity index (χ2v) is 4.48. The summed E-state index contributed by atoms with van der Waals surface area (Å²) in [4.78, 5) is 13.2. The van der Waals surface area contributed by atoms with Crippen LogP contribution in [0.4, 0.5) is 0 Å². The molecule has 0 aromatic rings. The lowest BCUT2D eigenvalue weighted by Crippen LogP contribution is -2.49. The SMILES string of the molecule is CC1CCN(C2CCC2C(=O)O)C1. The minimum atomic E-state index is -0.601. The molecule has 0 aromatic heterocycles. The van der Waals surface area contributed by atoms with Gasteiger partial charge in [0.05, 0.1) is 5.92 Å². The zero-order valence-electron chi connectivity index (χ0n) is 8.07. The van der Waals surface area contributed by atoms with Gasteiger partial charge in [-0.25, -0.2) is 0 Å². The number of carbonyl (C=O) groups is 1. The van der Waals surface area contributed by atoms with Gasteiger partial charge in [-0.1, -0.05) is 6.92 Å². The van der Waals surface area contributed by atoms with E-state index in [0.29, 0.717) is 6.04 Å². The van der Waals surface area contributed by atoms with E-state index in [1.807, 2.05) is 0 Å². The summed E-state index contributed by atoms with van der Waals surface area (Å²) in [6.45, 7) is 4.46. The molecule has 1 saturated carbocycles. The fourth-order valence-electron chi connectivity index (χ4n) is 2.48. The van der Waals surface area contributed by atoms with Gasteiger partial charge >= 0.3 is 5.97 Å². The van der Waals surface area contributed by atoms with Crippen LogP contribution >= 0.6 is 0 Å². The lowest BCUT2D eigenvalue weighted by Gasteiger charge is -2.40. The van der Waals surface area contributed by atoms with Gasteiger partial charge < -0.3 is 5.11 Å². The Balaban J connectivity index is 1.91. The summed E-state index contributed by atoms with van der Waals surface area (Å²) >= 11 is 0. The smallest absolute Gasteiger partial charge is 0.308 e. The Morgan fingerprint density at radius 2 is 2.15 bits per heavy atom. The molecular formula is C10H17NO2. The van der Waals surface area contributed by atoms with Crippen molar-refractivity contribution in [3.8, 4) is 0 Å². The predicted molar refractivity (Wildman–Crippen MR) is 49.5 cm³/mol. The van der Waals surface area contributed by atoms with Crippen molar-refractivity contribution in [2.75, 3.05) is 13.1 Å². The van der Waals surface area contributed by atoms with Crippen molar-refractivity contribution >= 4 is 5.97 Å². The summed E-state index contributed by atoms with van der Waals surface area (Å²) in [5.74, 6) is 0.0798. The lowest BCUT2D eigenvalue weighted by atomic mass is 9.78. The zero-order valence-corrected chi connectivity index (χ0v) is 8.07. The van der Waals surface area contributed by atoms with Crippen LogP contribution in [-0.4, -0.2) is 35.1 Å². The van der Waals surface area contributed by atoms with Crippen molar-refractivity contribution in [2.24, 2.45) is 11.8 Å². The minimum absolute atomic E-state index is 0.0784. The Bertz CT molecular complexity index is 217. The van der Waals surface area contributed by atoms with Gasteiger partial charge in [0.25, 0.3) is 0 Å². The van der Waals surface area contributed by atoms with Crippen molar-refractivity contribution in [1.82, 2.24) is 4.90 Å². The second kappa shape index (κ2) is 3.29. The van der Waals surface area contributed by atoms with Gasteiger partial charge in [-0.15, -0.1) is 0 Å². The van der Waals surface area contributed by atoms with E-state index < -0.39 is 5.97 Å². The number of carboxylic acids is 1. The van der Waals surface area contributed by atoms with Crippen molar-refractivity contribution in [1.29, 1.82) is 0 Å². The Kier molecular flexibility index (Phi) is 2.28. The van der Waals surface area contributed by atoms with E-state index in [9.17, 15) is 4.79 Å². The molecule has 3 nitrogen and oxygen atoms in total. The van der Waals surface area contributed by atoms with Gasteiger partial charge in [-0.2, -0.15) is 0 Å². The first-order valence-corrected chi connectivity index (χ1v) is 5.15. The molecule has 0 spiro atoms. The van der Waals surface area contributed by atoms with Gasteiger partial charge in [-0.3, -0.25) is 9.69 Å².